The maximum absolute atomic E-state index is 12.9. The van der Waals surface area contributed by atoms with E-state index in [2.05, 4.69) is 123 Å². The monoisotopic (exact) mass is 1930 g/mol. The topological polar surface area (TPSA) is 415 Å². The van der Waals surface area contributed by atoms with Gasteiger partial charge < -0.3 is 68.2 Å². The largest absolute Gasteiger partial charge is 0.508 e. The minimum atomic E-state index is -0.687. The van der Waals surface area contributed by atoms with Crippen LogP contribution in [0, 0.1) is 0 Å². The fourth-order valence-corrected chi connectivity index (χ4v) is 25.6. The maximum atomic E-state index is 12.9. The number of phenolic OH excluding ortho intramolecular Hbond substituents is 2. The molecule has 0 saturated carbocycles. The van der Waals surface area contributed by atoms with Crippen LogP contribution in [-0.4, -0.2) is 127 Å². The smallest absolute Gasteiger partial charge is 0.235 e. The summed E-state index contributed by atoms with van der Waals surface area (Å²) in [5.74, 6) is -8.28. The highest BCUT2D eigenvalue weighted by atomic mass is 16.3. The van der Waals surface area contributed by atoms with Crippen LogP contribution >= 0.6 is 0 Å². The number of hydrogen-bond donors (Lipinski definition) is 14. The van der Waals surface area contributed by atoms with Crippen molar-refractivity contribution in [3.8, 4) is 11.5 Å². The Hall–Kier alpha value is -17.2. The van der Waals surface area contributed by atoms with Gasteiger partial charge in [0, 0.05) is 208 Å². The van der Waals surface area contributed by atoms with E-state index in [1.54, 1.807) is 42.7 Å². The second kappa shape index (κ2) is 33.8. The third-order valence-electron chi connectivity index (χ3n) is 31.8. The van der Waals surface area contributed by atoms with Crippen LogP contribution in [0.3, 0.4) is 0 Å². The molecule has 29 heteroatoms. The molecule has 5 fully saturated rings. The van der Waals surface area contributed by atoms with Gasteiger partial charge in [-0.2, -0.15) is 0 Å². The number of aryl methyl sites for hydroxylation is 8. The molecule has 14 N–H and O–H groups in total. The lowest BCUT2D eigenvalue weighted by Gasteiger charge is -2.20. The van der Waals surface area contributed by atoms with Crippen molar-refractivity contribution in [3.05, 3.63) is 346 Å². The second-order valence-electron chi connectivity index (χ2n) is 39.6. The van der Waals surface area contributed by atoms with Crippen LogP contribution in [-0.2, 0) is 99.9 Å². The van der Waals surface area contributed by atoms with Crippen LogP contribution in [0.1, 0.15) is 201 Å². The summed E-state index contributed by atoms with van der Waals surface area (Å²) < 4.78 is 10.9. The number of fused-ring (bicyclic) bond motifs is 5. The fourth-order valence-electron chi connectivity index (χ4n) is 25.6. The van der Waals surface area contributed by atoms with E-state index in [9.17, 15) is 68.4 Å². The lowest BCUT2D eigenvalue weighted by atomic mass is 9.82. The van der Waals surface area contributed by atoms with Crippen molar-refractivity contribution >= 4 is 168 Å². The Bertz CT molecular complexity index is 8790. The quantitative estimate of drug-likeness (QED) is 0.0566. The van der Waals surface area contributed by atoms with Gasteiger partial charge in [0.25, 0.3) is 0 Å². The van der Waals surface area contributed by atoms with Crippen molar-refractivity contribution < 1.29 is 82.6 Å². The van der Waals surface area contributed by atoms with E-state index in [4.69, 9.17) is 0 Å². The molecule has 5 saturated heterocycles. The highest BCUT2D eigenvalue weighted by molar-refractivity contribution is 6.18. The van der Waals surface area contributed by atoms with E-state index in [-0.39, 0.29) is 84.8 Å². The molecule has 30 rings (SSSR count). The molecular weight excluding hydrogens is 1820 g/mol. The molecule has 0 aliphatic carbocycles. The first-order valence-corrected chi connectivity index (χ1v) is 49.2. The number of amides is 10. The number of carbonyl (C=O) groups excluding carboxylic acids is 10. The molecule has 0 radical (unpaired) electrons. The molecular formula is C115H115N15O14. The summed E-state index contributed by atoms with van der Waals surface area (Å²) in [6.07, 6.45) is 25.9. The summed E-state index contributed by atoms with van der Waals surface area (Å²) in [6.45, 7) is 4.16. The van der Waals surface area contributed by atoms with E-state index < -0.39 is 71.4 Å². The molecule has 20 aromatic rings. The highest BCUT2D eigenvalue weighted by Crippen LogP contribution is 2.53. The molecule has 20 heterocycles. The van der Waals surface area contributed by atoms with E-state index in [1.807, 2.05) is 171 Å². The van der Waals surface area contributed by atoms with Crippen molar-refractivity contribution in [3.63, 3.8) is 0 Å². The van der Waals surface area contributed by atoms with Crippen LogP contribution < -0.4 is 26.6 Å². The number of hydrogen-bond acceptors (Lipinski definition) is 14. The van der Waals surface area contributed by atoms with Crippen LogP contribution in [0.2, 0.25) is 0 Å². The van der Waals surface area contributed by atoms with Gasteiger partial charge in [-0.3, -0.25) is 74.5 Å². The third-order valence-corrected chi connectivity index (χ3v) is 31.8. The SMILES string of the molecule is O=C1NC(=O)[C@@H](c2c[nH]c3cccc(O)c23)[C@@H]1c1cn2c3c(cccc13)CCC2.O=C1NC(=O)[C@@H](c2cn3c4c(cccc24)CCC3)[C@@H]1c1c[nH]c2cc(O)ccc12.O=C1NC(=O)[C@@H](c2cn3c4c(cccc24)CCC3)[C@@H]1c1c[nH]c2ccccc12.O=C1NC(=O)[C@@H](c2cn3c4c(cccc24)[C@@H](O)CC3)[C@@H]1c1c[nH]c2ccccc12.O=C1NC(=O)[C@@H](c2cn3c4c(cccc24)[C@H](O)CC3)[C@@H]1c1c[nH]c2ccccc12.[HH].[HH].[HH].[HH].[HH].[HH].[HH].[HH].[HH].[HH]. The van der Waals surface area contributed by atoms with Gasteiger partial charge in [-0.05, 0) is 166 Å². The molecule has 12 atom stereocenters. The van der Waals surface area contributed by atoms with Gasteiger partial charge in [0.15, 0.2) is 0 Å². The van der Waals surface area contributed by atoms with Gasteiger partial charge in [-0.1, -0.05) is 152 Å². The second-order valence-corrected chi connectivity index (χ2v) is 39.6. The molecule has 10 aromatic carbocycles. The number of benzene rings is 10. The van der Waals surface area contributed by atoms with Gasteiger partial charge in [0.2, 0.25) is 59.1 Å². The first-order valence-electron chi connectivity index (χ1n) is 49.2. The zero-order valence-electron chi connectivity index (χ0n) is 77.6. The molecule has 29 nitrogen and oxygen atoms in total. The Kier molecular flexibility index (Phi) is 20.4. The zero-order chi connectivity index (χ0) is 97.6. The molecule has 10 aromatic heterocycles. The van der Waals surface area contributed by atoms with Crippen LogP contribution in [0.15, 0.2) is 262 Å². The molecule has 0 unspecified atom stereocenters. The summed E-state index contributed by atoms with van der Waals surface area (Å²) in [7, 11) is 0. The average molecular weight is 1930 g/mol. The number of H-pyrrole nitrogens is 5. The predicted octanol–water partition coefficient (Wildman–Crippen LogP) is 18.8. The fraction of sp³-hybridized carbons (Fsp3) is 0.217. The van der Waals surface area contributed by atoms with Gasteiger partial charge >= 0.3 is 0 Å². The van der Waals surface area contributed by atoms with E-state index in [1.165, 1.54) is 33.2 Å². The molecule has 0 spiro atoms. The number of para-hydroxylation sites is 8. The number of phenols is 2. The number of imide groups is 5. The van der Waals surface area contributed by atoms with Crippen LogP contribution in [0.5, 0.6) is 11.5 Å². The summed E-state index contributed by atoms with van der Waals surface area (Å²) in [5.41, 5.74) is 23.9. The first-order chi connectivity index (χ1) is 70.2. The van der Waals surface area contributed by atoms with Crippen molar-refractivity contribution in [2.45, 2.75) is 155 Å². The Labute approximate surface area is 833 Å². The summed E-state index contributed by atoms with van der Waals surface area (Å²) >= 11 is 0. The predicted molar refractivity (Wildman–Crippen MR) is 563 cm³/mol. The number of aromatic amines is 5. The zero-order valence-corrected chi connectivity index (χ0v) is 77.6. The number of nitrogens with one attached hydrogen (secondary N) is 10. The number of rotatable bonds is 10. The molecule has 10 amide bonds. The Morgan fingerprint density at radius 2 is 0.507 bits per heavy atom. The summed E-state index contributed by atoms with van der Waals surface area (Å²) in [6, 6.07) is 64.2. The molecule has 0 bridgehead atoms. The van der Waals surface area contributed by atoms with Crippen molar-refractivity contribution in [1.82, 2.24) is 74.3 Å². The van der Waals surface area contributed by atoms with E-state index in [0.717, 1.165) is 206 Å². The van der Waals surface area contributed by atoms with Crippen LogP contribution in [0.4, 0.5) is 0 Å². The van der Waals surface area contributed by atoms with Gasteiger partial charge in [0.05, 0.1) is 99.0 Å². The number of aromatic hydroxyl groups is 2. The highest BCUT2D eigenvalue weighted by Gasteiger charge is 2.52. The van der Waals surface area contributed by atoms with Gasteiger partial charge in [-0.25, -0.2) is 0 Å². The maximum Gasteiger partial charge on any atom is 0.235 e. The third kappa shape index (κ3) is 13.7. The lowest BCUT2D eigenvalue weighted by molar-refractivity contribution is -0.127. The van der Waals surface area contributed by atoms with Crippen molar-refractivity contribution in [2.24, 2.45) is 0 Å². The average Bonchev–Trinajstić information content (AvgIpc) is 1.59. The normalized spacial score (nSPS) is 22.3. The van der Waals surface area contributed by atoms with Crippen molar-refractivity contribution in [1.29, 1.82) is 0 Å². The number of aliphatic hydroxyl groups excluding tert-OH is 2. The summed E-state index contributed by atoms with van der Waals surface area (Å²) in [4.78, 5) is 145. The van der Waals surface area contributed by atoms with Gasteiger partial charge in [-0.15, -0.1) is 0 Å². The van der Waals surface area contributed by atoms with Gasteiger partial charge in [0.1, 0.15) is 11.5 Å². The lowest BCUT2D eigenvalue weighted by Crippen LogP contribution is -2.21. The van der Waals surface area contributed by atoms with E-state index in [0.29, 0.717) is 36.9 Å². The number of aromatic nitrogens is 10. The Morgan fingerprint density at radius 1 is 0.243 bits per heavy atom. The number of nitrogens with zero attached hydrogens (tertiary/aromatic N) is 5. The number of carbonyl (C=O) groups is 10. The molecule has 144 heavy (non-hydrogen) atoms. The standard InChI is InChI=1S/4C23H19N3O3.C23H19N3O2.10H2/c27-17-8-2-7-16-18(17)14(10-24-16)19-20(23(29)25-22(19)28)15-11-26-9-3-5-12-4-1-6-13(15)21(12)26;27-13-6-7-14-16(10-24-18(14)9-13)19-20(23(29)25-22(19)28)17-11-26-8-2-4-12-3-1-5-15(17)21(12)26;2*27-18-8-9-26-11-16(13-5-3-6-14(18)21(13)26)20-19(22(28)25-23(20)29)15-10-24-17-7-2-1-4-12(15)17;27-22-19(16-11-24-18-9-2-1-7-14(16)18)20(23(28)25-22)17-12-26-10-4-6-13-5-3-8-15(17)21(13)26;;;;;;;;;;/h1-2,4,6-8,10-11,19-20,24,27H,3,5,9H2,(H,25,28,29);1,3,5-7,9-11,19-20,24,27H,2,4,8H2,(H,25,28,29);2*1-7,10-11,18-20,24,27H,8-9H2,(H,25,28,29);1-3,5,7-9,11-12,19-20,24H,4,6,10H2,(H,25,27,28);10*1H/t2*19-,20-;18-,19+,20+;18-,19-,20-;19-,20-;;;;;;;;;;/m00100........../s1. The minimum absolute atomic E-state index is 0. The first kappa shape index (κ1) is 87.1. The Morgan fingerprint density at radius 3 is 0.861 bits per heavy atom. The van der Waals surface area contributed by atoms with E-state index >= 15 is 0 Å². The van der Waals surface area contributed by atoms with Crippen molar-refractivity contribution in [2.75, 3.05) is 0 Å². The van der Waals surface area contributed by atoms with Crippen LogP contribution in [0.25, 0.3) is 109 Å². The molecule has 10 aliphatic heterocycles. The minimum Gasteiger partial charge on any atom is -0.508 e. The Balaban J connectivity index is 0.000000134. The molecule has 734 valence electrons. The molecule has 10 aliphatic rings. The summed E-state index contributed by atoms with van der Waals surface area (Å²) in [5, 5.41) is 63.2. The number of aliphatic hydroxyl groups is 2.